The van der Waals surface area contributed by atoms with Gasteiger partial charge in [0.2, 0.25) is 0 Å². The van der Waals surface area contributed by atoms with Gasteiger partial charge in [0.25, 0.3) is 20.0 Å². The second kappa shape index (κ2) is 24.8. The number of fused-ring (bicyclic) bond motifs is 4. The summed E-state index contributed by atoms with van der Waals surface area (Å²) >= 11 is 3.42. The molecule has 2 aliphatic heterocycles. The highest BCUT2D eigenvalue weighted by Gasteiger charge is 2.35. The van der Waals surface area contributed by atoms with Gasteiger partial charge in [0, 0.05) is 18.6 Å². The standard InChI is InChI=1S/C21H27N2O2S.C20H25BrN2O2S.2CO2.ClH/c1-4-5-6-9-14-22-21-17-10-7-8-11-19(17)23(3)26(24,25)20-15-16(2)12-13-18(20)21;1-3-4-5-8-13-22-20-16-9-6-7-10-18(16)23(2)26(24,25)19-14-15(21)11-12-17(19)20;2*2-1-3;/h7-8,10-13,15,21H,4-6,9,14H2,1-3H3;6-7,9-12,14,20,22H,3-5,8,13H2,1-2H3;;;1H/q-1;;;;/p-1. The van der Waals surface area contributed by atoms with E-state index in [9.17, 15) is 16.8 Å². The fourth-order valence-corrected chi connectivity index (χ4v) is 10.5. The van der Waals surface area contributed by atoms with Gasteiger partial charge < -0.3 is 23.0 Å². The Hall–Kier alpha value is -4.17. The molecule has 6 rings (SSSR count). The van der Waals surface area contributed by atoms with Crippen molar-refractivity contribution in [1.82, 2.24) is 5.32 Å². The molecule has 0 aliphatic carbocycles. The van der Waals surface area contributed by atoms with E-state index in [2.05, 4.69) is 35.1 Å². The van der Waals surface area contributed by atoms with Crippen molar-refractivity contribution in [3.8, 4) is 0 Å². The lowest BCUT2D eigenvalue weighted by Gasteiger charge is -2.33. The van der Waals surface area contributed by atoms with E-state index in [1.165, 1.54) is 40.7 Å². The van der Waals surface area contributed by atoms with Crippen LogP contribution in [0.4, 0.5) is 11.4 Å². The first-order valence-corrected chi connectivity index (χ1v) is 22.9. The van der Waals surface area contributed by atoms with Crippen molar-refractivity contribution >= 4 is 59.7 Å². The molecule has 2 atom stereocenters. The van der Waals surface area contributed by atoms with Crippen molar-refractivity contribution in [3.63, 3.8) is 0 Å². The number of nitrogens with one attached hydrogen (secondary N) is 1. The molecule has 12 nitrogen and oxygen atoms in total. The van der Waals surface area contributed by atoms with Crippen LogP contribution in [0.15, 0.2) is 99.2 Å². The van der Waals surface area contributed by atoms with Crippen molar-refractivity contribution < 1.29 is 48.4 Å². The predicted molar refractivity (Wildman–Crippen MR) is 228 cm³/mol. The minimum Gasteiger partial charge on any atom is -1.00 e. The fraction of sp³-hybridized carbons (Fsp3) is 0.395. The molecule has 0 radical (unpaired) electrons. The van der Waals surface area contributed by atoms with Gasteiger partial charge in [0.1, 0.15) is 0 Å². The molecule has 0 saturated heterocycles. The molecule has 0 bridgehead atoms. The van der Waals surface area contributed by atoms with Crippen LogP contribution >= 0.6 is 15.9 Å². The third-order valence-corrected chi connectivity index (χ3v) is 14.0. The summed E-state index contributed by atoms with van der Waals surface area (Å²) in [4.78, 5) is 33.2. The molecule has 0 fully saturated rings. The molecule has 59 heavy (non-hydrogen) atoms. The summed E-state index contributed by atoms with van der Waals surface area (Å²) in [5.74, 6) is 0. The Morgan fingerprint density at radius 1 is 0.644 bits per heavy atom. The Morgan fingerprint density at radius 3 is 1.71 bits per heavy atom. The minimum atomic E-state index is -3.60. The highest BCUT2D eigenvalue weighted by Crippen LogP contribution is 2.44. The average molecular weight is 932 g/mol. The van der Waals surface area contributed by atoms with Crippen molar-refractivity contribution in [2.45, 2.75) is 94.0 Å². The minimum absolute atomic E-state index is 0. The number of nitrogens with zero attached hydrogens (tertiary/aromatic N) is 3. The third kappa shape index (κ3) is 12.9. The van der Waals surface area contributed by atoms with Crippen LogP contribution in [0.25, 0.3) is 5.32 Å². The molecule has 4 aromatic rings. The number of benzene rings is 4. The smallest absolute Gasteiger partial charge is 0.373 e. The van der Waals surface area contributed by atoms with Gasteiger partial charge in [-0.2, -0.15) is 19.2 Å². The molecule has 2 heterocycles. The van der Waals surface area contributed by atoms with Crippen LogP contribution in [-0.2, 0) is 39.2 Å². The number of hydrogen-bond acceptors (Lipinski definition) is 9. The van der Waals surface area contributed by atoms with Gasteiger partial charge in [-0.1, -0.05) is 135 Å². The summed E-state index contributed by atoms with van der Waals surface area (Å²) in [5, 5.41) is 8.54. The monoisotopic (exact) mass is 930 g/mol. The van der Waals surface area contributed by atoms with Gasteiger partial charge >= 0.3 is 12.3 Å². The zero-order valence-electron chi connectivity index (χ0n) is 34.0. The Kier molecular flexibility index (Phi) is 21.4. The van der Waals surface area contributed by atoms with Crippen LogP contribution < -0.4 is 26.3 Å². The molecule has 0 aromatic heterocycles. The predicted octanol–water partition coefficient (Wildman–Crippen LogP) is 5.86. The highest BCUT2D eigenvalue weighted by atomic mass is 79.9. The van der Waals surface area contributed by atoms with E-state index in [4.69, 9.17) is 24.5 Å². The Balaban J connectivity index is 0.000000354. The first-order valence-electron chi connectivity index (χ1n) is 19.2. The molecular weight excluding hydrogens is 880 g/mol. The van der Waals surface area contributed by atoms with Gasteiger partial charge in [0.15, 0.2) is 0 Å². The summed E-state index contributed by atoms with van der Waals surface area (Å²) < 4.78 is 56.3. The van der Waals surface area contributed by atoms with E-state index in [-0.39, 0.29) is 36.8 Å². The second-order valence-electron chi connectivity index (χ2n) is 13.8. The maximum atomic E-state index is 13.2. The van der Waals surface area contributed by atoms with Crippen LogP contribution in [0.1, 0.15) is 105 Å². The normalized spacial score (nSPS) is 16.2. The first-order chi connectivity index (χ1) is 27.8. The maximum absolute atomic E-state index is 13.2. The van der Waals surface area contributed by atoms with Crippen molar-refractivity contribution in [3.05, 3.63) is 123 Å². The summed E-state index contributed by atoms with van der Waals surface area (Å²) in [6.45, 7) is 7.92. The number of anilines is 2. The molecule has 320 valence electrons. The Labute approximate surface area is 363 Å². The van der Waals surface area contributed by atoms with Crippen LogP contribution in [0.5, 0.6) is 0 Å². The summed E-state index contributed by atoms with van der Waals surface area (Å²) in [6.07, 6.45) is 9.80. The van der Waals surface area contributed by atoms with E-state index >= 15 is 0 Å². The number of sulfonamides is 2. The second-order valence-corrected chi connectivity index (χ2v) is 18.6. The molecule has 2 aliphatic rings. The number of aryl methyl sites for hydroxylation is 1. The Bertz CT molecular complexity index is 2110. The van der Waals surface area contributed by atoms with Crippen LogP contribution in [0.2, 0.25) is 0 Å². The van der Waals surface area contributed by atoms with Crippen molar-refractivity contribution in [2.24, 2.45) is 0 Å². The van der Waals surface area contributed by atoms with E-state index in [1.807, 2.05) is 79.7 Å². The topological polar surface area (TPSA) is 169 Å². The molecule has 4 aromatic carbocycles. The number of halogens is 2. The van der Waals surface area contributed by atoms with Crippen molar-refractivity contribution in [2.75, 3.05) is 35.8 Å². The average Bonchev–Trinajstić information content (AvgIpc) is 3.32. The number of unbranched alkanes of at least 4 members (excludes halogenated alkanes) is 6. The SMILES string of the molecule is CCCCCCNC1c2ccccc2N(C)S(=O)(=O)c2cc(Br)ccc21.CCCCCC[N-]C1c2ccccc2N(C)S(=O)(=O)c2cc(C)ccc21.O=C=O.O=C=O.[Cl-]. The van der Waals surface area contributed by atoms with Crippen LogP contribution in [-0.4, -0.2) is 56.3 Å². The lowest BCUT2D eigenvalue weighted by Crippen LogP contribution is -3.00. The summed E-state index contributed by atoms with van der Waals surface area (Å²) in [6, 6.07) is 26.3. The number of carbonyl (C=O) groups excluding carboxylic acids is 4. The largest absolute Gasteiger partial charge is 1.00 e. The number of rotatable bonds is 12. The van der Waals surface area contributed by atoms with E-state index in [0.717, 1.165) is 70.3 Å². The third-order valence-electron chi connectivity index (χ3n) is 9.89. The van der Waals surface area contributed by atoms with E-state index < -0.39 is 20.0 Å². The lowest BCUT2D eigenvalue weighted by atomic mass is 9.96. The Morgan fingerprint density at radius 2 is 1.14 bits per heavy atom. The number of hydrogen-bond donors (Lipinski definition) is 1. The molecule has 2 unspecified atom stereocenters. The van der Waals surface area contributed by atoms with Gasteiger partial charge in [-0.3, -0.25) is 8.61 Å². The van der Waals surface area contributed by atoms with E-state index in [0.29, 0.717) is 15.5 Å². The van der Waals surface area contributed by atoms with Crippen molar-refractivity contribution in [1.29, 1.82) is 0 Å². The van der Waals surface area contributed by atoms with Gasteiger partial charge in [-0.25, -0.2) is 16.8 Å². The quantitative estimate of drug-likeness (QED) is 0.171. The first kappa shape index (κ1) is 51.0. The fourth-order valence-electron chi connectivity index (χ4n) is 6.95. The zero-order valence-corrected chi connectivity index (χ0v) is 38.0. The highest BCUT2D eigenvalue weighted by molar-refractivity contribution is 9.10. The summed E-state index contributed by atoms with van der Waals surface area (Å²) in [5.41, 5.74) is 5.91. The molecule has 0 amide bonds. The van der Waals surface area contributed by atoms with Crippen LogP contribution in [0, 0.1) is 6.92 Å². The number of para-hydroxylation sites is 2. The summed E-state index contributed by atoms with van der Waals surface area (Å²) in [7, 11) is -3.94. The lowest BCUT2D eigenvalue weighted by molar-refractivity contribution is -0.193. The van der Waals surface area contributed by atoms with Gasteiger partial charge in [0.05, 0.1) is 27.2 Å². The molecule has 0 saturated carbocycles. The molecule has 0 spiro atoms. The molecule has 1 N–H and O–H groups in total. The van der Waals surface area contributed by atoms with Gasteiger partial charge in [-0.05, 0) is 78.0 Å². The van der Waals surface area contributed by atoms with Crippen LogP contribution in [0.3, 0.4) is 0 Å². The van der Waals surface area contributed by atoms with Gasteiger partial charge in [-0.15, -0.1) is 6.54 Å². The molecule has 16 heteroatoms. The zero-order chi connectivity index (χ0) is 42.9. The van der Waals surface area contributed by atoms with E-state index in [1.54, 1.807) is 26.2 Å². The maximum Gasteiger partial charge on any atom is 0.373 e. The molecular formula is C43H52BrClN4O8S2-2.